The fraction of sp³-hybridized carbons (Fsp3) is 0.429. The van der Waals surface area contributed by atoms with E-state index in [0.717, 1.165) is 23.8 Å². The van der Waals surface area contributed by atoms with Gasteiger partial charge in [-0.05, 0) is 31.2 Å². The van der Waals surface area contributed by atoms with Gasteiger partial charge in [0.15, 0.2) is 0 Å². The fourth-order valence-corrected chi connectivity index (χ4v) is 2.84. The Morgan fingerprint density at radius 2 is 2.32 bits per heavy atom. The number of hydrogen-bond donors (Lipinski definition) is 1. The van der Waals surface area contributed by atoms with Crippen molar-refractivity contribution >= 4 is 17.3 Å². The monoisotopic (exact) mass is 274 g/mol. The Labute approximate surface area is 117 Å². The van der Waals surface area contributed by atoms with Gasteiger partial charge in [-0.1, -0.05) is 6.07 Å². The van der Waals surface area contributed by atoms with Crippen molar-refractivity contribution < 1.29 is 0 Å². The highest BCUT2D eigenvalue weighted by molar-refractivity contribution is 7.09. The van der Waals surface area contributed by atoms with Gasteiger partial charge < -0.3 is 10.6 Å². The lowest BCUT2D eigenvalue weighted by molar-refractivity contribution is 0.758. The van der Waals surface area contributed by atoms with Gasteiger partial charge in [0.25, 0.3) is 0 Å². The summed E-state index contributed by atoms with van der Waals surface area (Å²) in [6, 6.07) is 4.86. The molecule has 2 aromatic heterocycles. The number of rotatable bonds is 5. The second-order valence-electron chi connectivity index (χ2n) is 4.92. The lowest BCUT2D eigenvalue weighted by Crippen LogP contribution is -2.27. The molecule has 4 nitrogen and oxygen atoms in total. The van der Waals surface area contributed by atoms with Gasteiger partial charge in [-0.2, -0.15) is 0 Å². The first-order valence-electron chi connectivity index (χ1n) is 6.59. The van der Waals surface area contributed by atoms with E-state index in [-0.39, 0.29) is 0 Å². The second-order valence-corrected chi connectivity index (χ2v) is 5.96. The molecule has 2 aromatic rings. The van der Waals surface area contributed by atoms with Gasteiger partial charge in [0, 0.05) is 34.9 Å². The zero-order valence-electron chi connectivity index (χ0n) is 11.0. The van der Waals surface area contributed by atoms with E-state index in [0.29, 0.717) is 12.6 Å². The number of aromatic nitrogens is 2. The largest absolute Gasteiger partial charge is 0.333 e. The molecule has 1 fully saturated rings. The Bertz CT molecular complexity index is 549. The molecule has 1 saturated carbocycles. The maximum atomic E-state index is 5.67. The van der Waals surface area contributed by atoms with E-state index in [2.05, 4.69) is 32.4 Å². The van der Waals surface area contributed by atoms with E-state index in [1.807, 2.05) is 13.1 Å². The molecule has 0 radical (unpaired) electrons. The van der Waals surface area contributed by atoms with E-state index in [4.69, 9.17) is 5.73 Å². The molecule has 2 N–H and O–H groups in total. The van der Waals surface area contributed by atoms with Crippen molar-refractivity contribution in [3.63, 3.8) is 0 Å². The first kappa shape index (κ1) is 12.6. The molecule has 19 heavy (non-hydrogen) atoms. The first-order valence-corrected chi connectivity index (χ1v) is 7.47. The maximum absolute atomic E-state index is 5.67. The molecular formula is C14H18N4S. The Morgan fingerprint density at radius 1 is 1.47 bits per heavy atom. The van der Waals surface area contributed by atoms with Crippen LogP contribution in [0.3, 0.4) is 0 Å². The van der Waals surface area contributed by atoms with Gasteiger partial charge in [0.05, 0.1) is 6.54 Å². The van der Waals surface area contributed by atoms with E-state index in [1.165, 1.54) is 17.7 Å². The quantitative estimate of drug-likeness (QED) is 0.910. The SMILES string of the molecule is Cc1nc(N(Cc2cccs2)C2CC2)ncc1CN. The zero-order valence-corrected chi connectivity index (χ0v) is 11.9. The number of hydrogen-bond acceptors (Lipinski definition) is 5. The third-order valence-corrected chi connectivity index (χ3v) is 4.30. The van der Waals surface area contributed by atoms with Crippen molar-refractivity contribution in [2.45, 2.75) is 38.9 Å². The van der Waals surface area contributed by atoms with Crippen molar-refractivity contribution in [2.75, 3.05) is 4.90 Å². The van der Waals surface area contributed by atoms with Crippen LogP contribution in [0.25, 0.3) is 0 Å². The molecular weight excluding hydrogens is 256 g/mol. The van der Waals surface area contributed by atoms with Crippen LogP contribution in [0.1, 0.15) is 29.0 Å². The van der Waals surface area contributed by atoms with Gasteiger partial charge in [-0.25, -0.2) is 9.97 Å². The summed E-state index contributed by atoms with van der Waals surface area (Å²) in [5.41, 5.74) is 7.68. The summed E-state index contributed by atoms with van der Waals surface area (Å²) in [6.07, 6.45) is 4.35. The van der Waals surface area contributed by atoms with E-state index < -0.39 is 0 Å². The Morgan fingerprint density at radius 3 is 2.89 bits per heavy atom. The number of nitrogens with two attached hydrogens (primary N) is 1. The van der Waals surface area contributed by atoms with Crippen LogP contribution < -0.4 is 10.6 Å². The zero-order chi connectivity index (χ0) is 13.2. The van der Waals surface area contributed by atoms with Gasteiger partial charge >= 0.3 is 0 Å². The minimum Gasteiger partial charge on any atom is -0.333 e. The molecule has 5 heteroatoms. The second kappa shape index (κ2) is 5.27. The molecule has 1 aliphatic rings. The van der Waals surface area contributed by atoms with Crippen molar-refractivity contribution in [3.8, 4) is 0 Å². The van der Waals surface area contributed by atoms with Crippen LogP contribution in [0.4, 0.5) is 5.95 Å². The highest BCUT2D eigenvalue weighted by atomic mass is 32.1. The number of aryl methyl sites for hydroxylation is 1. The van der Waals surface area contributed by atoms with Crippen molar-refractivity contribution in [1.82, 2.24) is 9.97 Å². The number of anilines is 1. The molecule has 0 spiro atoms. The predicted molar refractivity (Wildman–Crippen MR) is 78.2 cm³/mol. The van der Waals surface area contributed by atoms with Crippen LogP contribution in [0.2, 0.25) is 0 Å². The molecule has 0 bridgehead atoms. The van der Waals surface area contributed by atoms with Crippen LogP contribution in [0.5, 0.6) is 0 Å². The highest BCUT2D eigenvalue weighted by Gasteiger charge is 2.31. The summed E-state index contributed by atoms with van der Waals surface area (Å²) >= 11 is 1.79. The minimum atomic E-state index is 0.500. The smallest absolute Gasteiger partial charge is 0.226 e. The normalized spacial score (nSPS) is 14.6. The third kappa shape index (κ3) is 2.77. The lowest BCUT2D eigenvalue weighted by atomic mass is 10.2. The lowest BCUT2D eigenvalue weighted by Gasteiger charge is -2.22. The molecule has 1 aliphatic carbocycles. The molecule has 0 unspecified atom stereocenters. The fourth-order valence-electron chi connectivity index (χ4n) is 2.14. The molecule has 0 saturated heterocycles. The third-order valence-electron chi connectivity index (χ3n) is 3.44. The highest BCUT2D eigenvalue weighted by Crippen LogP contribution is 2.32. The molecule has 3 rings (SSSR count). The Balaban J connectivity index is 1.85. The van der Waals surface area contributed by atoms with Crippen molar-refractivity contribution in [3.05, 3.63) is 39.8 Å². The average Bonchev–Trinajstić information content (AvgIpc) is 3.13. The standard InChI is InChI=1S/C14H18N4S/c1-10-11(7-15)8-16-14(17-10)18(12-4-5-12)9-13-3-2-6-19-13/h2-3,6,8,12H,4-5,7,9,15H2,1H3. The van der Waals surface area contributed by atoms with E-state index in [1.54, 1.807) is 11.3 Å². The molecule has 0 atom stereocenters. The summed E-state index contributed by atoms with van der Waals surface area (Å²) in [7, 11) is 0. The van der Waals surface area contributed by atoms with Gasteiger partial charge in [-0.3, -0.25) is 0 Å². The Kier molecular flexibility index (Phi) is 3.48. The Hall–Kier alpha value is -1.46. The topological polar surface area (TPSA) is 55.0 Å². The first-order chi connectivity index (χ1) is 9.28. The van der Waals surface area contributed by atoms with Crippen LogP contribution in [-0.2, 0) is 13.1 Å². The molecule has 0 aliphatic heterocycles. The van der Waals surface area contributed by atoms with Crippen LogP contribution in [0.15, 0.2) is 23.7 Å². The van der Waals surface area contributed by atoms with E-state index >= 15 is 0 Å². The number of nitrogens with zero attached hydrogens (tertiary/aromatic N) is 3. The number of thiophene rings is 1. The molecule has 0 aromatic carbocycles. The summed E-state index contributed by atoms with van der Waals surface area (Å²) in [5, 5.41) is 2.12. The molecule has 0 amide bonds. The summed E-state index contributed by atoms with van der Waals surface area (Å²) in [5.74, 6) is 0.839. The minimum absolute atomic E-state index is 0.500. The summed E-state index contributed by atoms with van der Waals surface area (Å²) in [6.45, 7) is 3.41. The van der Waals surface area contributed by atoms with Gasteiger partial charge in [0.1, 0.15) is 0 Å². The van der Waals surface area contributed by atoms with E-state index in [9.17, 15) is 0 Å². The van der Waals surface area contributed by atoms with Crippen LogP contribution in [-0.4, -0.2) is 16.0 Å². The summed E-state index contributed by atoms with van der Waals surface area (Å²) < 4.78 is 0. The van der Waals surface area contributed by atoms with Gasteiger partial charge in [-0.15, -0.1) is 11.3 Å². The van der Waals surface area contributed by atoms with Crippen molar-refractivity contribution in [2.24, 2.45) is 5.73 Å². The summed E-state index contributed by atoms with van der Waals surface area (Å²) in [4.78, 5) is 12.8. The average molecular weight is 274 g/mol. The van der Waals surface area contributed by atoms with Gasteiger partial charge in [0.2, 0.25) is 5.95 Å². The van der Waals surface area contributed by atoms with Crippen molar-refractivity contribution in [1.29, 1.82) is 0 Å². The molecule has 2 heterocycles. The van der Waals surface area contributed by atoms with Crippen LogP contribution in [0, 0.1) is 6.92 Å². The molecule has 100 valence electrons. The maximum Gasteiger partial charge on any atom is 0.226 e. The van der Waals surface area contributed by atoms with Crippen LogP contribution >= 0.6 is 11.3 Å². The predicted octanol–water partition coefficient (Wildman–Crippen LogP) is 2.47.